The average molecular weight is 678 g/mol. The van der Waals surface area contributed by atoms with E-state index in [0.29, 0.717) is 10.6 Å². The molecule has 10 nitrogen and oxygen atoms in total. The van der Waals surface area contributed by atoms with E-state index >= 15 is 4.39 Å². The van der Waals surface area contributed by atoms with Gasteiger partial charge in [0.2, 0.25) is 0 Å². The van der Waals surface area contributed by atoms with Crippen molar-refractivity contribution in [2.75, 3.05) is 0 Å². The van der Waals surface area contributed by atoms with Gasteiger partial charge in [0.15, 0.2) is 30.4 Å². The molecule has 47 heavy (non-hydrogen) atoms. The van der Waals surface area contributed by atoms with Crippen LogP contribution in [-0.2, 0) is 28.5 Å². The van der Waals surface area contributed by atoms with Crippen molar-refractivity contribution in [1.29, 1.82) is 0 Å². The van der Waals surface area contributed by atoms with Gasteiger partial charge in [0, 0.05) is 25.1 Å². The molecule has 0 amide bonds. The standard InChI is InChI=1S/C34H26Cl2FN3O7/c1-18(41)44-29-28(46-33(30(29)45-19(2)42)40-16-25(37)26-31(36)38-17-39-32(26)40)27(22-12-14-24(35)15-13-22)47-34(43)23-10-8-21(9-11-23)20-6-4-3-5-7-20/h3-17,27-30,33H,1-2H3/t27-,28-,29-,30-,33?/m1/s1. The highest BCUT2D eigenvalue weighted by molar-refractivity contribution is 6.34. The summed E-state index contributed by atoms with van der Waals surface area (Å²) in [6.45, 7) is 2.34. The fraction of sp³-hybridized carbons (Fsp3) is 0.206. The maximum absolute atomic E-state index is 15.2. The summed E-state index contributed by atoms with van der Waals surface area (Å²) in [7, 11) is 0. The van der Waals surface area contributed by atoms with Crippen LogP contribution in [0.4, 0.5) is 4.39 Å². The number of nitrogens with zero attached hydrogens (tertiary/aromatic N) is 3. The first-order valence-electron chi connectivity index (χ1n) is 14.4. The summed E-state index contributed by atoms with van der Waals surface area (Å²) in [6, 6.07) is 22.9. The fourth-order valence-corrected chi connectivity index (χ4v) is 5.91. The van der Waals surface area contributed by atoms with E-state index in [1.807, 2.05) is 30.3 Å². The molecule has 3 aromatic carbocycles. The van der Waals surface area contributed by atoms with Crippen molar-refractivity contribution < 1.29 is 37.7 Å². The van der Waals surface area contributed by atoms with Crippen LogP contribution in [0.5, 0.6) is 0 Å². The summed E-state index contributed by atoms with van der Waals surface area (Å²) in [5, 5.41) is 0.180. The lowest BCUT2D eigenvalue weighted by atomic mass is 9.98. The van der Waals surface area contributed by atoms with Crippen LogP contribution in [0.15, 0.2) is 91.4 Å². The Morgan fingerprint density at radius 3 is 2.15 bits per heavy atom. The molecule has 240 valence electrons. The number of hydrogen-bond acceptors (Lipinski definition) is 9. The predicted octanol–water partition coefficient (Wildman–Crippen LogP) is 6.90. The summed E-state index contributed by atoms with van der Waals surface area (Å²) in [4.78, 5) is 46.5. The van der Waals surface area contributed by atoms with Gasteiger partial charge in [0.25, 0.3) is 0 Å². The molecule has 0 saturated carbocycles. The number of carbonyl (C=O) groups is 3. The Morgan fingerprint density at radius 2 is 1.49 bits per heavy atom. The van der Waals surface area contributed by atoms with Crippen LogP contribution in [-0.4, -0.2) is 50.8 Å². The number of carbonyl (C=O) groups excluding carboxylic acids is 3. The molecule has 1 aliphatic heterocycles. The third kappa shape index (κ3) is 6.69. The average Bonchev–Trinajstić information content (AvgIpc) is 3.57. The van der Waals surface area contributed by atoms with Crippen molar-refractivity contribution in [3.05, 3.63) is 119 Å². The van der Waals surface area contributed by atoms with Crippen molar-refractivity contribution in [3.63, 3.8) is 0 Å². The van der Waals surface area contributed by atoms with Crippen LogP contribution in [0.25, 0.3) is 22.2 Å². The normalized spacial score (nSPS) is 19.7. The Morgan fingerprint density at radius 1 is 0.851 bits per heavy atom. The fourth-order valence-electron chi connectivity index (χ4n) is 5.56. The van der Waals surface area contributed by atoms with E-state index in [1.54, 1.807) is 48.5 Å². The molecule has 0 bridgehead atoms. The summed E-state index contributed by atoms with van der Waals surface area (Å²) < 4.78 is 40.3. The van der Waals surface area contributed by atoms with Crippen LogP contribution in [0, 0.1) is 5.82 Å². The van der Waals surface area contributed by atoms with Gasteiger partial charge in [-0.25, -0.2) is 19.2 Å². The van der Waals surface area contributed by atoms with Gasteiger partial charge in [-0.2, -0.15) is 0 Å². The minimum Gasteiger partial charge on any atom is -0.455 e. The highest BCUT2D eigenvalue weighted by atomic mass is 35.5. The summed E-state index contributed by atoms with van der Waals surface area (Å²) in [6.07, 6.45) is -4.25. The number of halogens is 3. The molecule has 1 aliphatic rings. The zero-order valence-electron chi connectivity index (χ0n) is 24.9. The van der Waals surface area contributed by atoms with Crippen molar-refractivity contribution in [2.24, 2.45) is 0 Å². The third-order valence-electron chi connectivity index (χ3n) is 7.58. The minimum absolute atomic E-state index is 0.0328. The Labute approximate surface area is 277 Å². The molecule has 2 aromatic heterocycles. The second-order valence-corrected chi connectivity index (χ2v) is 11.5. The van der Waals surface area contributed by atoms with E-state index in [-0.39, 0.29) is 21.7 Å². The number of fused-ring (bicyclic) bond motifs is 1. The molecule has 0 aliphatic carbocycles. The molecule has 6 rings (SSSR count). The Hall–Kier alpha value is -4.84. The van der Waals surface area contributed by atoms with E-state index in [0.717, 1.165) is 23.7 Å². The number of ether oxygens (including phenoxy) is 4. The van der Waals surface area contributed by atoms with Gasteiger partial charge < -0.3 is 18.9 Å². The molecule has 0 N–H and O–H groups in total. The van der Waals surface area contributed by atoms with E-state index in [4.69, 9.17) is 42.1 Å². The molecule has 1 unspecified atom stereocenters. The Bertz CT molecular complexity index is 1940. The lowest BCUT2D eigenvalue weighted by molar-refractivity contribution is -0.166. The maximum Gasteiger partial charge on any atom is 0.338 e. The molecule has 3 heterocycles. The Balaban J connectivity index is 1.41. The SMILES string of the molecule is CC(=O)O[C@@H]1[C@@H]([C@H](OC(=O)c2ccc(-c3ccccc3)cc2)c2ccc(Cl)cc2)OC(n2cc(F)c3c(Cl)ncnc32)[C@@H]1OC(C)=O. The zero-order valence-corrected chi connectivity index (χ0v) is 26.4. The van der Waals surface area contributed by atoms with Crippen molar-refractivity contribution in [2.45, 2.75) is 44.5 Å². The second kappa shape index (κ2) is 13.5. The van der Waals surface area contributed by atoms with Gasteiger partial charge in [-0.1, -0.05) is 77.8 Å². The number of aromatic nitrogens is 3. The monoisotopic (exact) mass is 677 g/mol. The zero-order chi connectivity index (χ0) is 33.2. The van der Waals surface area contributed by atoms with Gasteiger partial charge in [-0.3, -0.25) is 14.2 Å². The molecule has 1 saturated heterocycles. The Kier molecular flexibility index (Phi) is 9.21. The number of benzene rings is 3. The van der Waals surface area contributed by atoms with E-state index in [2.05, 4.69) is 9.97 Å². The van der Waals surface area contributed by atoms with Gasteiger partial charge >= 0.3 is 17.9 Å². The molecule has 0 radical (unpaired) electrons. The first-order valence-corrected chi connectivity index (χ1v) is 15.1. The largest absolute Gasteiger partial charge is 0.455 e. The molecule has 1 fully saturated rings. The highest BCUT2D eigenvalue weighted by Gasteiger charge is 2.54. The summed E-state index contributed by atoms with van der Waals surface area (Å²) in [5.41, 5.74) is 2.57. The predicted molar refractivity (Wildman–Crippen MR) is 169 cm³/mol. The van der Waals surface area contributed by atoms with Gasteiger partial charge in [-0.05, 0) is 41.0 Å². The summed E-state index contributed by atoms with van der Waals surface area (Å²) >= 11 is 12.3. The lowest BCUT2D eigenvalue weighted by Crippen LogP contribution is -2.41. The first-order chi connectivity index (χ1) is 22.6. The van der Waals surface area contributed by atoms with E-state index in [9.17, 15) is 14.4 Å². The van der Waals surface area contributed by atoms with Crippen molar-refractivity contribution in [1.82, 2.24) is 14.5 Å². The van der Waals surface area contributed by atoms with Crippen LogP contribution >= 0.6 is 23.2 Å². The molecular weight excluding hydrogens is 652 g/mol. The number of rotatable bonds is 8. The summed E-state index contributed by atoms with van der Waals surface area (Å²) in [5.74, 6) is -2.93. The molecule has 5 atom stereocenters. The molecule has 5 aromatic rings. The smallest absolute Gasteiger partial charge is 0.338 e. The van der Waals surface area contributed by atoms with Crippen LogP contribution in [0.1, 0.15) is 42.1 Å². The molecule has 13 heteroatoms. The second-order valence-electron chi connectivity index (χ2n) is 10.7. The lowest BCUT2D eigenvalue weighted by Gasteiger charge is -2.28. The topological polar surface area (TPSA) is 119 Å². The van der Waals surface area contributed by atoms with Gasteiger partial charge in [-0.15, -0.1) is 0 Å². The van der Waals surface area contributed by atoms with E-state index in [1.165, 1.54) is 18.4 Å². The van der Waals surface area contributed by atoms with Crippen LogP contribution in [0.2, 0.25) is 10.2 Å². The van der Waals surface area contributed by atoms with Gasteiger partial charge in [0.05, 0.1) is 10.9 Å². The van der Waals surface area contributed by atoms with Crippen molar-refractivity contribution >= 4 is 52.1 Å². The highest BCUT2D eigenvalue weighted by Crippen LogP contribution is 2.43. The van der Waals surface area contributed by atoms with Gasteiger partial charge in [0.1, 0.15) is 23.2 Å². The quantitative estimate of drug-likeness (QED) is 0.0981. The van der Waals surface area contributed by atoms with E-state index < -0.39 is 54.4 Å². The number of hydrogen-bond donors (Lipinski definition) is 0. The number of esters is 3. The molecule has 0 spiro atoms. The third-order valence-corrected chi connectivity index (χ3v) is 8.12. The molecular formula is C34H26Cl2FN3O7. The first kappa shape index (κ1) is 32.1. The van der Waals surface area contributed by atoms with Crippen LogP contribution in [0.3, 0.4) is 0 Å². The minimum atomic E-state index is -1.33. The van der Waals surface area contributed by atoms with Crippen molar-refractivity contribution in [3.8, 4) is 11.1 Å². The van der Waals surface area contributed by atoms with Crippen LogP contribution < -0.4 is 0 Å². The maximum atomic E-state index is 15.2.